The van der Waals surface area contributed by atoms with Gasteiger partial charge in [-0.1, -0.05) is 23.7 Å². The fraction of sp³-hybridized carbons (Fsp3) is 0.158. The van der Waals surface area contributed by atoms with E-state index in [0.29, 0.717) is 11.1 Å². The van der Waals surface area contributed by atoms with Gasteiger partial charge in [0.05, 0.1) is 18.4 Å². The lowest BCUT2D eigenvalue weighted by molar-refractivity contribution is -0.146. The summed E-state index contributed by atoms with van der Waals surface area (Å²) in [5.41, 5.74) is 2.33. The van der Waals surface area contributed by atoms with E-state index in [1.807, 2.05) is 25.1 Å². The summed E-state index contributed by atoms with van der Waals surface area (Å²) in [7, 11) is 0. The normalized spacial score (nSPS) is 10.7. The molecule has 134 valence electrons. The van der Waals surface area contributed by atoms with Gasteiger partial charge in [-0.15, -0.1) is 0 Å². The van der Waals surface area contributed by atoms with Gasteiger partial charge >= 0.3 is 5.97 Å². The second-order valence-electron chi connectivity index (χ2n) is 5.77. The third-order valence-corrected chi connectivity index (χ3v) is 3.95. The molecular weight excluding hydrogens is 361 g/mol. The molecule has 5 nitrogen and oxygen atoms in total. The lowest BCUT2D eigenvalue weighted by atomic mass is 10.1. The van der Waals surface area contributed by atoms with Gasteiger partial charge in [0.2, 0.25) is 0 Å². The quantitative estimate of drug-likeness (QED) is 0.676. The zero-order chi connectivity index (χ0) is 18.7. The molecule has 0 bridgehead atoms. The number of nitrogens with one attached hydrogen (secondary N) is 1. The predicted molar refractivity (Wildman–Crippen MR) is 95.7 cm³/mol. The largest absolute Gasteiger partial charge is 0.464 e. The molecule has 1 aromatic heterocycles. The molecule has 0 aliphatic carbocycles. The van der Waals surface area contributed by atoms with Gasteiger partial charge in [0, 0.05) is 16.0 Å². The number of amides is 1. The number of ether oxygens (including phenoxy) is 1. The van der Waals surface area contributed by atoms with Crippen LogP contribution in [0.25, 0.3) is 11.0 Å². The summed E-state index contributed by atoms with van der Waals surface area (Å²) in [6.07, 6.45) is 1.46. The van der Waals surface area contributed by atoms with Gasteiger partial charge in [-0.2, -0.15) is 0 Å². The van der Waals surface area contributed by atoms with Crippen molar-refractivity contribution in [1.82, 2.24) is 0 Å². The first kappa shape index (κ1) is 17.9. The van der Waals surface area contributed by atoms with E-state index in [0.717, 1.165) is 17.0 Å². The number of furan rings is 1. The molecule has 3 aromatic rings. The second kappa shape index (κ2) is 7.58. The van der Waals surface area contributed by atoms with Crippen LogP contribution in [0.1, 0.15) is 11.1 Å². The summed E-state index contributed by atoms with van der Waals surface area (Å²) >= 11 is 5.75. The number of aryl methyl sites for hydroxylation is 1. The number of hydrogen-bond donors (Lipinski definition) is 1. The molecule has 0 spiro atoms. The smallest absolute Gasteiger partial charge is 0.310 e. The number of hydrogen-bond acceptors (Lipinski definition) is 4. The summed E-state index contributed by atoms with van der Waals surface area (Å²) in [5.74, 6) is -1.88. The van der Waals surface area contributed by atoms with Gasteiger partial charge in [0.15, 0.2) is 6.61 Å². The Morgan fingerprint density at radius 3 is 2.85 bits per heavy atom. The molecule has 0 saturated carbocycles. The molecule has 0 radical (unpaired) electrons. The molecular formula is C19H15ClFNO4. The third kappa shape index (κ3) is 4.21. The topological polar surface area (TPSA) is 68.5 Å². The number of rotatable bonds is 5. The molecule has 7 heteroatoms. The van der Waals surface area contributed by atoms with E-state index in [2.05, 4.69) is 5.32 Å². The summed E-state index contributed by atoms with van der Waals surface area (Å²) in [6.45, 7) is 1.41. The van der Waals surface area contributed by atoms with Crippen molar-refractivity contribution in [3.05, 3.63) is 64.6 Å². The first-order valence-corrected chi connectivity index (χ1v) is 8.17. The zero-order valence-corrected chi connectivity index (χ0v) is 14.6. The molecule has 1 N–H and O–H groups in total. The van der Waals surface area contributed by atoms with E-state index < -0.39 is 24.3 Å². The minimum absolute atomic E-state index is 0.0329. The summed E-state index contributed by atoms with van der Waals surface area (Å²) < 4.78 is 23.9. The van der Waals surface area contributed by atoms with Gasteiger partial charge in [0.1, 0.15) is 11.4 Å². The van der Waals surface area contributed by atoms with Crippen molar-refractivity contribution in [2.24, 2.45) is 0 Å². The lowest BCUT2D eigenvalue weighted by Gasteiger charge is -2.07. The summed E-state index contributed by atoms with van der Waals surface area (Å²) in [5, 5.41) is 3.40. The first-order chi connectivity index (χ1) is 12.4. The molecule has 0 unspecified atom stereocenters. The molecule has 1 amide bonds. The highest BCUT2D eigenvalue weighted by Crippen LogP contribution is 2.23. The molecule has 2 aromatic carbocycles. The number of fused-ring (bicyclic) bond motifs is 1. The summed E-state index contributed by atoms with van der Waals surface area (Å²) in [6, 6.07) is 9.43. The fourth-order valence-electron chi connectivity index (χ4n) is 2.46. The van der Waals surface area contributed by atoms with Crippen LogP contribution in [0.5, 0.6) is 0 Å². The molecule has 0 saturated heterocycles. The van der Waals surface area contributed by atoms with Crippen molar-refractivity contribution in [3.63, 3.8) is 0 Å². The number of carbonyl (C=O) groups excluding carboxylic acids is 2. The highest BCUT2D eigenvalue weighted by molar-refractivity contribution is 6.30. The number of halogens is 2. The fourth-order valence-corrected chi connectivity index (χ4v) is 2.63. The van der Waals surface area contributed by atoms with Gasteiger partial charge in [-0.3, -0.25) is 9.59 Å². The van der Waals surface area contributed by atoms with E-state index in [9.17, 15) is 14.0 Å². The minimum Gasteiger partial charge on any atom is -0.464 e. The zero-order valence-electron chi connectivity index (χ0n) is 13.8. The highest BCUT2D eigenvalue weighted by Gasteiger charge is 2.14. The molecule has 0 fully saturated rings. The van der Waals surface area contributed by atoms with Crippen LogP contribution < -0.4 is 5.32 Å². The maximum Gasteiger partial charge on any atom is 0.310 e. The second-order valence-corrected chi connectivity index (χ2v) is 6.21. The number of esters is 1. The molecule has 0 atom stereocenters. The van der Waals surface area contributed by atoms with Crippen LogP contribution in [-0.4, -0.2) is 18.5 Å². The van der Waals surface area contributed by atoms with Crippen LogP contribution in [0.3, 0.4) is 0 Å². The average molecular weight is 376 g/mol. The first-order valence-electron chi connectivity index (χ1n) is 7.79. The minimum atomic E-state index is -0.660. The van der Waals surface area contributed by atoms with Crippen molar-refractivity contribution in [2.45, 2.75) is 13.3 Å². The molecule has 0 aliphatic rings. The Balaban J connectivity index is 1.56. The van der Waals surface area contributed by atoms with Crippen molar-refractivity contribution in [3.8, 4) is 0 Å². The van der Waals surface area contributed by atoms with Gasteiger partial charge in [0.25, 0.3) is 5.91 Å². The van der Waals surface area contributed by atoms with Crippen LogP contribution in [-0.2, 0) is 20.7 Å². The Kier molecular flexibility index (Phi) is 5.23. The molecule has 1 heterocycles. The highest BCUT2D eigenvalue weighted by atomic mass is 35.5. The Morgan fingerprint density at radius 1 is 1.23 bits per heavy atom. The van der Waals surface area contributed by atoms with E-state index in [4.69, 9.17) is 20.8 Å². The predicted octanol–water partition coefficient (Wildman–Crippen LogP) is 4.26. The number of benzene rings is 2. The van der Waals surface area contributed by atoms with Crippen molar-refractivity contribution < 1.29 is 23.1 Å². The van der Waals surface area contributed by atoms with Gasteiger partial charge in [-0.25, -0.2) is 4.39 Å². The standard InChI is InChI=1S/C19H15ClFNO4/c1-11-2-4-14-12(9-25-17(14)6-11)7-19(24)26-10-18(23)22-16-8-13(20)3-5-15(16)21/h2-6,8-9H,7,10H2,1H3,(H,22,23). The van der Waals surface area contributed by atoms with Gasteiger partial charge in [-0.05, 0) is 36.8 Å². The van der Waals surface area contributed by atoms with Crippen LogP contribution >= 0.6 is 11.6 Å². The maximum absolute atomic E-state index is 13.6. The number of carbonyl (C=O) groups is 2. The van der Waals surface area contributed by atoms with E-state index in [-0.39, 0.29) is 17.1 Å². The van der Waals surface area contributed by atoms with Crippen LogP contribution in [0, 0.1) is 12.7 Å². The average Bonchev–Trinajstić information content (AvgIpc) is 2.98. The summed E-state index contributed by atoms with van der Waals surface area (Å²) in [4.78, 5) is 23.8. The van der Waals surface area contributed by atoms with Gasteiger partial charge < -0.3 is 14.5 Å². The Hall–Kier alpha value is -2.86. The Bertz CT molecular complexity index is 983. The van der Waals surface area contributed by atoms with Crippen LogP contribution in [0.2, 0.25) is 5.02 Å². The van der Waals surface area contributed by atoms with E-state index in [1.54, 1.807) is 0 Å². The molecule has 3 rings (SSSR count). The number of anilines is 1. The monoisotopic (exact) mass is 375 g/mol. The lowest BCUT2D eigenvalue weighted by Crippen LogP contribution is -2.22. The SMILES string of the molecule is Cc1ccc2c(CC(=O)OCC(=O)Nc3cc(Cl)ccc3F)coc2c1. The van der Waals surface area contributed by atoms with Crippen molar-refractivity contribution in [1.29, 1.82) is 0 Å². The van der Waals surface area contributed by atoms with Crippen LogP contribution in [0.15, 0.2) is 47.1 Å². The van der Waals surface area contributed by atoms with E-state index >= 15 is 0 Å². The molecule has 0 aliphatic heterocycles. The van der Waals surface area contributed by atoms with E-state index in [1.165, 1.54) is 18.4 Å². The Labute approximate surface area is 153 Å². The van der Waals surface area contributed by atoms with Crippen molar-refractivity contribution in [2.75, 3.05) is 11.9 Å². The van der Waals surface area contributed by atoms with Crippen molar-refractivity contribution >= 4 is 40.1 Å². The van der Waals surface area contributed by atoms with Crippen LogP contribution in [0.4, 0.5) is 10.1 Å². The Morgan fingerprint density at radius 2 is 2.04 bits per heavy atom. The third-order valence-electron chi connectivity index (χ3n) is 3.71. The maximum atomic E-state index is 13.6. The molecule has 26 heavy (non-hydrogen) atoms.